The molecule has 0 spiro atoms. The molecule has 1 N–H and O–H groups in total. The molecule has 1 aromatic carbocycles. The molecule has 0 atom stereocenters. The van der Waals surface area contributed by atoms with Crippen molar-refractivity contribution in [3.63, 3.8) is 0 Å². The predicted octanol–water partition coefficient (Wildman–Crippen LogP) is 3.58. The van der Waals surface area contributed by atoms with Gasteiger partial charge in [-0.05, 0) is 24.1 Å². The Morgan fingerprint density at radius 3 is 2.55 bits per heavy atom. The van der Waals surface area contributed by atoms with E-state index in [1.165, 1.54) is 0 Å². The number of carbonyl (C=O) groups is 1. The molecule has 0 aromatic heterocycles. The van der Waals surface area contributed by atoms with Gasteiger partial charge in [-0.2, -0.15) is 5.26 Å². The van der Waals surface area contributed by atoms with Crippen LogP contribution in [0.15, 0.2) is 18.2 Å². The average molecular weight is 274 g/mol. The van der Waals surface area contributed by atoms with E-state index in [0.717, 1.165) is 0 Å². The number of amides is 1. The normalized spacial score (nSPS) is 11.1. The Hall–Kier alpha value is -2.02. The fourth-order valence-electron chi connectivity index (χ4n) is 1.39. The summed E-state index contributed by atoms with van der Waals surface area (Å²) in [6.07, 6.45) is 0. The summed E-state index contributed by atoms with van der Waals surface area (Å²) < 4.78 is 5.57. The number of nitrogens with one attached hydrogen (secondary N) is 1. The summed E-state index contributed by atoms with van der Waals surface area (Å²) in [5.41, 5.74) is 0.424. The molecule has 108 valence electrons. The minimum atomic E-state index is -0.500. The second-order valence-corrected chi connectivity index (χ2v) is 6.23. The van der Waals surface area contributed by atoms with Crippen molar-refractivity contribution in [3.8, 4) is 11.8 Å². The van der Waals surface area contributed by atoms with E-state index in [1.807, 2.05) is 20.8 Å². The van der Waals surface area contributed by atoms with E-state index >= 15 is 0 Å². The first-order chi connectivity index (χ1) is 9.24. The van der Waals surface area contributed by atoms with Crippen LogP contribution in [0.1, 0.15) is 40.2 Å². The van der Waals surface area contributed by atoms with Crippen molar-refractivity contribution in [2.75, 3.05) is 11.9 Å². The molecule has 0 aliphatic rings. The van der Waals surface area contributed by atoms with Crippen molar-refractivity contribution in [2.24, 2.45) is 11.3 Å². The lowest BCUT2D eigenvalue weighted by atomic mass is 9.95. The maximum absolute atomic E-state index is 12.0. The van der Waals surface area contributed by atoms with Crippen molar-refractivity contribution in [2.45, 2.75) is 34.6 Å². The SMILES string of the molecule is CC(C)COc1ccc(NC(=O)C(C)(C)C)c(C#N)c1. The largest absolute Gasteiger partial charge is 0.493 e. The molecule has 0 saturated heterocycles. The van der Waals surface area contributed by atoms with Crippen LogP contribution in [-0.4, -0.2) is 12.5 Å². The van der Waals surface area contributed by atoms with Crippen LogP contribution in [0.25, 0.3) is 0 Å². The van der Waals surface area contributed by atoms with Gasteiger partial charge in [0.2, 0.25) is 5.91 Å². The highest BCUT2D eigenvalue weighted by Crippen LogP contribution is 2.24. The number of rotatable bonds is 4. The topological polar surface area (TPSA) is 62.1 Å². The van der Waals surface area contributed by atoms with Crippen LogP contribution in [0, 0.1) is 22.7 Å². The molecule has 1 rings (SSSR count). The van der Waals surface area contributed by atoms with E-state index in [4.69, 9.17) is 4.74 Å². The third-order valence-corrected chi connectivity index (χ3v) is 2.62. The van der Waals surface area contributed by atoms with E-state index in [0.29, 0.717) is 29.5 Å². The number of carbonyl (C=O) groups excluding carboxylic acids is 1. The molecule has 0 bridgehead atoms. The molecular formula is C16H22N2O2. The lowest BCUT2D eigenvalue weighted by Gasteiger charge is -2.18. The van der Waals surface area contributed by atoms with Crippen molar-refractivity contribution < 1.29 is 9.53 Å². The van der Waals surface area contributed by atoms with E-state index in [-0.39, 0.29) is 5.91 Å². The number of nitriles is 1. The zero-order valence-electron chi connectivity index (χ0n) is 12.8. The van der Waals surface area contributed by atoms with Crippen LogP contribution in [0.5, 0.6) is 5.75 Å². The van der Waals surface area contributed by atoms with E-state index in [2.05, 4.69) is 25.2 Å². The summed E-state index contributed by atoms with van der Waals surface area (Å²) in [6.45, 7) is 10.2. The second-order valence-electron chi connectivity index (χ2n) is 6.23. The van der Waals surface area contributed by atoms with Crippen molar-refractivity contribution in [1.82, 2.24) is 0 Å². The van der Waals surface area contributed by atoms with Gasteiger partial charge in [0, 0.05) is 5.41 Å². The predicted molar refractivity (Wildman–Crippen MR) is 79.6 cm³/mol. The Bertz CT molecular complexity index is 522. The van der Waals surface area contributed by atoms with Gasteiger partial charge in [0.1, 0.15) is 11.8 Å². The molecule has 1 aromatic rings. The van der Waals surface area contributed by atoms with E-state index in [9.17, 15) is 10.1 Å². The van der Waals surface area contributed by atoms with Gasteiger partial charge in [-0.25, -0.2) is 0 Å². The van der Waals surface area contributed by atoms with Crippen molar-refractivity contribution in [1.29, 1.82) is 5.26 Å². The van der Waals surface area contributed by atoms with Gasteiger partial charge in [-0.1, -0.05) is 34.6 Å². The quantitative estimate of drug-likeness (QED) is 0.912. The molecule has 20 heavy (non-hydrogen) atoms. The highest BCUT2D eigenvalue weighted by atomic mass is 16.5. The molecule has 0 unspecified atom stereocenters. The fraction of sp³-hybridized carbons (Fsp3) is 0.500. The fourth-order valence-corrected chi connectivity index (χ4v) is 1.39. The minimum Gasteiger partial charge on any atom is -0.493 e. The summed E-state index contributed by atoms with van der Waals surface area (Å²) in [4.78, 5) is 12.0. The Balaban J connectivity index is 2.89. The van der Waals surface area contributed by atoms with Crippen LogP contribution in [0.3, 0.4) is 0 Å². The van der Waals surface area contributed by atoms with Gasteiger partial charge in [-0.15, -0.1) is 0 Å². The summed E-state index contributed by atoms with van der Waals surface area (Å²) in [5, 5.41) is 12.0. The molecule has 4 nitrogen and oxygen atoms in total. The Kier molecular flexibility index (Phi) is 5.15. The van der Waals surface area contributed by atoms with E-state index < -0.39 is 5.41 Å². The van der Waals surface area contributed by atoms with Gasteiger partial charge in [0.25, 0.3) is 0 Å². The molecule has 0 radical (unpaired) electrons. The molecule has 0 saturated carbocycles. The van der Waals surface area contributed by atoms with Crippen LogP contribution < -0.4 is 10.1 Å². The first kappa shape index (κ1) is 16.0. The third-order valence-electron chi connectivity index (χ3n) is 2.62. The summed E-state index contributed by atoms with van der Waals surface area (Å²) in [7, 11) is 0. The van der Waals surface area contributed by atoms with Crippen LogP contribution in [-0.2, 0) is 4.79 Å². The monoisotopic (exact) mass is 274 g/mol. The van der Waals surface area contributed by atoms with Gasteiger partial charge in [0.15, 0.2) is 0 Å². The van der Waals surface area contributed by atoms with Gasteiger partial charge in [-0.3, -0.25) is 4.79 Å². The zero-order chi connectivity index (χ0) is 15.3. The lowest BCUT2D eigenvalue weighted by Crippen LogP contribution is -2.27. The number of hydrogen-bond donors (Lipinski definition) is 1. The molecule has 0 heterocycles. The molecule has 1 amide bonds. The summed E-state index contributed by atoms with van der Waals surface area (Å²) >= 11 is 0. The Morgan fingerprint density at radius 1 is 1.40 bits per heavy atom. The van der Waals surface area contributed by atoms with Crippen LogP contribution in [0.2, 0.25) is 0 Å². The first-order valence-corrected chi connectivity index (χ1v) is 6.72. The van der Waals surface area contributed by atoms with Crippen LogP contribution >= 0.6 is 0 Å². The van der Waals surface area contributed by atoms with Crippen molar-refractivity contribution in [3.05, 3.63) is 23.8 Å². The van der Waals surface area contributed by atoms with Gasteiger partial charge >= 0.3 is 0 Å². The number of benzene rings is 1. The smallest absolute Gasteiger partial charge is 0.229 e. The zero-order valence-corrected chi connectivity index (χ0v) is 12.8. The number of anilines is 1. The second kappa shape index (κ2) is 6.42. The number of ether oxygens (including phenoxy) is 1. The molecule has 0 aliphatic heterocycles. The molecule has 0 aliphatic carbocycles. The first-order valence-electron chi connectivity index (χ1n) is 6.72. The minimum absolute atomic E-state index is 0.121. The molecular weight excluding hydrogens is 252 g/mol. The maximum Gasteiger partial charge on any atom is 0.229 e. The highest BCUT2D eigenvalue weighted by Gasteiger charge is 2.22. The molecule has 0 fully saturated rings. The highest BCUT2D eigenvalue weighted by molar-refractivity contribution is 5.95. The van der Waals surface area contributed by atoms with Crippen molar-refractivity contribution >= 4 is 11.6 Å². The van der Waals surface area contributed by atoms with Crippen LogP contribution in [0.4, 0.5) is 5.69 Å². The number of nitrogens with zero attached hydrogens (tertiary/aromatic N) is 1. The Morgan fingerprint density at radius 2 is 2.05 bits per heavy atom. The standard InChI is InChI=1S/C16H22N2O2/c1-11(2)10-20-13-6-7-14(12(8-13)9-17)18-15(19)16(3,4)5/h6-8,11H,10H2,1-5H3,(H,18,19). The summed E-state index contributed by atoms with van der Waals surface area (Å²) in [5.74, 6) is 0.940. The Labute approximate surface area is 120 Å². The van der Waals surface area contributed by atoms with Gasteiger partial charge in [0.05, 0.1) is 17.9 Å². The van der Waals surface area contributed by atoms with Gasteiger partial charge < -0.3 is 10.1 Å². The number of hydrogen-bond acceptors (Lipinski definition) is 3. The van der Waals surface area contributed by atoms with E-state index in [1.54, 1.807) is 18.2 Å². The average Bonchev–Trinajstić information content (AvgIpc) is 2.36. The lowest BCUT2D eigenvalue weighted by molar-refractivity contribution is -0.123. The third kappa shape index (κ3) is 4.58. The summed E-state index contributed by atoms with van der Waals surface area (Å²) in [6, 6.07) is 7.21. The molecule has 4 heteroatoms. The maximum atomic E-state index is 12.0.